The first-order chi connectivity index (χ1) is 8.40. The molecule has 1 aromatic carbocycles. The molecule has 1 aromatic heterocycles. The molecule has 18 heavy (non-hydrogen) atoms. The number of thioether (sulfide) groups is 1. The van der Waals surface area contributed by atoms with Gasteiger partial charge in [0.05, 0.1) is 10.5 Å². The number of halogens is 1. The third-order valence-electron chi connectivity index (χ3n) is 2.20. The lowest BCUT2D eigenvalue weighted by atomic mass is 10.3. The summed E-state index contributed by atoms with van der Waals surface area (Å²) < 4.78 is 5.83. The van der Waals surface area contributed by atoms with Gasteiger partial charge < -0.3 is 4.42 Å². The summed E-state index contributed by atoms with van der Waals surface area (Å²) in [5.74, 6) is -1.22. The fourth-order valence-corrected chi connectivity index (χ4v) is 2.46. The summed E-state index contributed by atoms with van der Waals surface area (Å²) in [6, 6.07) is 2.92. The van der Waals surface area contributed by atoms with Gasteiger partial charge in [0.25, 0.3) is 0 Å². The number of carbonyl (C=O) groups is 2. The minimum atomic E-state index is -0.765. The third-order valence-corrected chi connectivity index (χ3v) is 3.47. The molecule has 0 atom stereocenters. The number of hydrogen-bond donors (Lipinski definition) is 0. The first kappa shape index (κ1) is 12.9. The molecule has 0 fully saturated rings. The van der Waals surface area contributed by atoms with Gasteiger partial charge in [-0.1, -0.05) is 23.4 Å². The Bertz CT molecular complexity index is 716. The summed E-state index contributed by atoms with van der Waals surface area (Å²) in [5, 5.41) is 0.156. The first-order valence-electron chi connectivity index (χ1n) is 4.94. The van der Waals surface area contributed by atoms with E-state index in [1.807, 2.05) is 0 Å². The lowest BCUT2D eigenvalue weighted by Gasteiger charge is -2.01. The Morgan fingerprint density at radius 3 is 2.56 bits per heavy atom. The molecule has 0 aliphatic rings. The molecule has 0 amide bonds. The molecule has 2 rings (SSSR count). The highest BCUT2D eigenvalue weighted by atomic mass is 35.5. The van der Waals surface area contributed by atoms with Crippen molar-refractivity contribution >= 4 is 45.5 Å². The van der Waals surface area contributed by atoms with Gasteiger partial charge in [-0.25, -0.2) is 9.36 Å². The quantitative estimate of drug-likeness (QED) is 0.753. The van der Waals surface area contributed by atoms with Gasteiger partial charge in [0.1, 0.15) is 0 Å². The van der Waals surface area contributed by atoms with Crippen molar-refractivity contribution in [2.24, 2.45) is 0 Å². The maximum atomic E-state index is 11.5. The van der Waals surface area contributed by atoms with Crippen LogP contribution in [0.1, 0.15) is 18.6 Å². The molecule has 1 heterocycles. The number of hydrogen-bond acceptors (Lipinski definition) is 5. The zero-order valence-electron chi connectivity index (χ0n) is 9.52. The Kier molecular flexibility index (Phi) is 3.32. The van der Waals surface area contributed by atoms with Crippen LogP contribution in [0.15, 0.2) is 26.2 Å². The Morgan fingerprint density at radius 2 is 2.00 bits per heavy atom. The normalized spacial score (nSPS) is 10.8. The Labute approximate surface area is 111 Å². The highest BCUT2D eigenvalue weighted by Gasteiger charge is 2.16. The summed E-state index contributed by atoms with van der Waals surface area (Å²) in [4.78, 5) is 34.3. The largest absolute Gasteiger partial charge is 0.426 e. The second kappa shape index (κ2) is 4.62. The van der Waals surface area contributed by atoms with Crippen LogP contribution in [0, 0.1) is 0 Å². The number of nitrogens with zero attached hydrogens (tertiary/aromatic N) is 1. The highest BCUT2D eigenvalue weighted by molar-refractivity contribution is 8.13. The molecule has 5 nitrogen and oxygen atoms in total. The van der Waals surface area contributed by atoms with Crippen molar-refractivity contribution in [1.29, 1.82) is 0 Å². The van der Waals surface area contributed by atoms with Crippen molar-refractivity contribution in [1.82, 2.24) is 4.57 Å². The average Bonchev–Trinajstić information content (AvgIpc) is 2.53. The molecule has 0 aliphatic heterocycles. The molecule has 0 radical (unpaired) electrons. The van der Waals surface area contributed by atoms with Crippen LogP contribution in [0.2, 0.25) is 5.02 Å². The summed E-state index contributed by atoms with van der Waals surface area (Å²) >= 11 is 6.93. The van der Waals surface area contributed by atoms with Gasteiger partial charge >= 0.3 is 5.76 Å². The van der Waals surface area contributed by atoms with Gasteiger partial charge in [0.2, 0.25) is 5.91 Å². The molecule has 0 spiro atoms. The lowest BCUT2D eigenvalue weighted by molar-refractivity contribution is -0.109. The van der Waals surface area contributed by atoms with Crippen LogP contribution >= 0.6 is 23.4 Å². The van der Waals surface area contributed by atoms with Crippen LogP contribution in [0.4, 0.5) is 0 Å². The number of fused-ring (bicyclic) bond motifs is 1. The number of benzene rings is 1. The zero-order chi connectivity index (χ0) is 13.4. The number of rotatable bonds is 1. The molecular formula is C11H8ClNO4S. The fourth-order valence-electron chi connectivity index (χ4n) is 1.55. The van der Waals surface area contributed by atoms with Gasteiger partial charge in [-0.3, -0.25) is 9.59 Å². The predicted octanol–water partition coefficient (Wildman–Crippen LogP) is 2.55. The van der Waals surface area contributed by atoms with Crippen molar-refractivity contribution in [3.05, 3.63) is 27.7 Å². The third kappa shape index (κ3) is 2.21. The monoisotopic (exact) mass is 285 g/mol. The molecule has 0 N–H and O–H groups in total. The van der Waals surface area contributed by atoms with E-state index >= 15 is 0 Å². The van der Waals surface area contributed by atoms with Gasteiger partial charge in [-0.05, 0) is 12.1 Å². The average molecular weight is 286 g/mol. The molecule has 0 unspecified atom stereocenters. The van der Waals surface area contributed by atoms with Gasteiger partial charge in [0, 0.05) is 18.7 Å². The molecule has 0 saturated heterocycles. The van der Waals surface area contributed by atoms with Crippen molar-refractivity contribution in [2.45, 2.75) is 18.7 Å². The standard InChI is InChI=1S/C11H8ClNO4S/c1-5(14)13-8-3-7(12)10(18-6(2)15)4-9(8)17-11(13)16/h3-4H,1-2H3. The zero-order valence-corrected chi connectivity index (χ0v) is 11.1. The predicted molar refractivity (Wildman–Crippen MR) is 68.3 cm³/mol. The van der Waals surface area contributed by atoms with Crippen LogP contribution < -0.4 is 5.76 Å². The fraction of sp³-hybridized carbons (Fsp3) is 0.182. The molecular weight excluding hydrogens is 278 g/mol. The van der Waals surface area contributed by atoms with Crippen molar-refractivity contribution in [2.75, 3.05) is 0 Å². The molecule has 0 bridgehead atoms. The molecule has 7 heteroatoms. The smallest absolute Gasteiger partial charge is 0.407 e. The van der Waals surface area contributed by atoms with E-state index in [0.717, 1.165) is 16.3 Å². The van der Waals surface area contributed by atoms with Crippen LogP contribution in [-0.2, 0) is 4.79 Å². The van der Waals surface area contributed by atoms with E-state index in [-0.39, 0.29) is 10.7 Å². The lowest BCUT2D eigenvalue weighted by Crippen LogP contribution is -2.19. The first-order valence-corrected chi connectivity index (χ1v) is 6.14. The minimum Gasteiger partial charge on any atom is -0.407 e. The van der Waals surface area contributed by atoms with E-state index < -0.39 is 11.7 Å². The second-order valence-corrected chi connectivity index (χ2v) is 5.19. The molecule has 2 aromatic rings. The van der Waals surface area contributed by atoms with Crippen molar-refractivity contribution in [3.63, 3.8) is 0 Å². The van der Waals surface area contributed by atoms with Crippen LogP contribution in [0.3, 0.4) is 0 Å². The molecule has 0 aliphatic carbocycles. The Balaban J connectivity index is 2.72. The number of oxazole rings is 1. The molecule has 0 saturated carbocycles. The Hall–Kier alpha value is -1.53. The van der Waals surface area contributed by atoms with Gasteiger partial charge in [-0.15, -0.1) is 0 Å². The van der Waals surface area contributed by atoms with E-state index in [1.54, 1.807) is 0 Å². The van der Waals surface area contributed by atoms with E-state index in [1.165, 1.54) is 26.0 Å². The van der Waals surface area contributed by atoms with E-state index in [4.69, 9.17) is 16.0 Å². The van der Waals surface area contributed by atoms with Gasteiger partial charge in [-0.2, -0.15) is 0 Å². The minimum absolute atomic E-state index is 0.135. The number of aromatic nitrogens is 1. The maximum Gasteiger partial charge on any atom is 0.426 e. The van der Waals surface area contributed by atoms with E-state index in [2.05, 4.69) is 0 Å². The van der Waals surface area contributed by atoms with E-state index in [0.29, 0.717) is 15.4 Å². The summed E-state index contributed by atoms with van der Waals surface area (Å²) in [6.07, 6.45) is 0. The Morgan fingerprint density at radius 1 is 1.33 bits per heavy atom. The van der Waals surface area contributed by atoms with Crippen LogP contribution in [0.25, 0.3) is 11.1 Å². The maximum absolute atomic E-state index is 11.5. The second-order valence-electron chi connectivity index (χ2n) is 3.57. The van der Waals surface area contributed by atoms with Crippen molar-refractivity contribution < 1.29 is 14.0 Å². The topological polar surface area (TPSA) is 69.3 Å². The van der Waals surface area contributed by atoms with Crippen molar-refractivity contribution in [3.8, 4) is 0 Å². The molecule has 94 valence electrons. The summed E-state index contributed by atoms with van der Waals surface area (Å²) in [6.45, 7) is 2.66. The number of carbonyl (C=O) groups excluding carboxylic acids is 2. The van der Waals surface area contributed by atoms with Crippen LogP contribution in [0.5, 0.6) is 0 Å². The van der Waals surface area contributed by atoms with Crippen LogP contribution in [-0.4, -0.2) is 15.6 Å². The SMILES string of the molecule is CC(=O)Sc1cc2oc(=O)n(C(C)=O)c2cc1Cl. The van der Waals surface area contributed by atoms with Gasteiger partial charge in [0.15, 0.2) is 10.7 Å². The summed E-state index contributed by atoms with van der Waals surface area (Å²) in [7, 11) is 0. The summed E-state index contributed by atoms with van der Waals surface area (Å²) in [5.41, 5.74) is 0.522. The highest BCUT2D eigenvalue weighted by Crippen LogP contribution is 2.31. The van der Waals surface area contributed by atoms with E-state index in [9.17, 15) is 14.4 Å².